The lowest BCUT2D eigenvalue weighted by Crippen LogP contribution is -2.60. The standard InChI is InChI=1S/C60H36B2N4S3/c1-5-19-37(20-6-1)63-45-29-17-30-46-54(45)61(44-36-52-43(35-49(44)63)41-27-13-15-33-50(41)67-52)58-56(64(46)38-21-7-2-8-22-38)57-59(69-58)62-53-42-28-14-16-34-51(42)68-60(53)66(40-25-11-4-12-26-40)48-32-18-31-47(55(48)62)65(57)39-23-9-3-10-24-39/h1-36H. The maximum atomic E-state index is 2.61. The predicted octanol–water partition coefficient (Wildman–Crippen LogP) is 13.5. The van der Waals surface area contributed by atoms with Gasteiger partial charge in [0.25, 0.3) is 13.4 Å². The Morgan fingerprint density at radius 1 is 0.290 bits per heavy atom. The number of thiophene rings is 3. The van der Waals surface area contributed by atoms with Gasteiger partial charge in [-0.05, 0) is 124 Å². The van der Waals surface area contributed by atoms with Gasteiger partial charge in [-0.3, -0.25) is 0 Å². The van der Waals surface area contributed by atoms with Gasteiger partial charge in [-0.2, -0.15) is 11.3 Å². The van der Waals surface area contributed by atoms with Crippen molar-refractivity contribution in [2.75, 3.05) is 19.6 Å². The molecular weight excluding hydrogens is 895 g/mol. The fourth-order valence-electron chi connectivity index (χ4n) is 12.1. The molecule has 9 heteroatoms. The third-order valence-corrected chi connectivity index (χ3v) is 18.4. The molecular formula is C60H36B2N4S3. The molecule has 0 unspecified atom stereocenters. The number of nitrogens with zero attached hydrogens (tertiary/aromatic N) is 4. The Kier molecular flexibility index (Phi) is 7.95. The molecule has 16 rings (SSSR count). The molecule has 4 aliphatic heterocycles. The van der Waals surface area contributed by atoms with Crippen LogP contribution in [0.3, 0.4) is 0 Å². The minimum atomic E-state index is -0.0327. The zero-order valence-corrected chi connectivity index (χ0v) is 39.4. The van der Waals surface area contributed by atoms with Crippen LogP contribution >= 0.6 is 34.0 Å². The fourth-order valence-corrected chi connectivity index (χ4v) is 16.1. The first kappa shape index (κ1) is 38.2. The van der Waals surface area contributed by atoms with Gasteiger partial charge < -0.3 is 19.6 Å². The number of benzene rings is 9. The number of hydrogen-bond donors (Lipinski definition) is 0. The van der Waals surface area contributed by atoms with Gasteiger partial charge in [-0.15, -0.1) is 22.7 Å². The highest BCUT2D eigenvalue weighted by Crippen LogP contribution is 2.54. The van der Waals surface area contributed by atoms with Crippen LogP contribution in [0, 0.1) is 0 Å². The summed E-state index contributed by atoms with van der Waals surface area (Å²) in [5.74, 6) is 0. The van der Waals surface area contributed by atoms with Gasteiger partial charge in [0.15, 0.2) is 0 Å². The summed E-state index contributed by atoms with van der Waals surface area (Å²) in [6.07, 6.45) is 0. The molecule has 7 heterocycles. The summed E-state index contributed by atoms with van der Waals surface area (Å²) in [5.41, 5.74) is 18.7. The Morgan fingerprint density at radius 2 is 0.739 bits per heavy atom. The molecule has 320 valence electrons. The smallest absolute Gasteiger partial charge is 0.266 e. The largest absolute Gasteiger partial charge is 0.311 e. The summed E-state index contributed by atoms with van der Waals surface area (Å²) >= 11 is 5.87. The van der Waals surface area contributed by atoms with Crippen LogP contribution in [0.5, 0.6) is 0 Å². The van der Waals surface area contributed by atoms with Crippen molar-refractivity contribution in [2.24, 2.45) is 0 Å². The average Bonchev–Trinajstić information content (AvgIpc) is 4.11. The summed E-state index contributed by atoms with van der Waals surface area (Å²) in [6.45, 7) is -0.0447. The van der Waals surface area contributed by atoms with E-state index in [1.807, 2.05) is 34.0 Å². The number of para-hydroxylation sites is 4. The van der Waals surface area contributed by atoms with Crippen molar-refractivity contribution >= 4 is 177 Å². The SMILES string of the molecule is c1ccc(N2c3cc4c(cc3B3c5sc6c(c5N(c5ccccc5)c5cccc2c53)N(c2ccccc2)c2cccc3c2B6c2c(sc5ccccc25)N3c2ccccc2)sc2ccccc24)cc1. The zero-order chi connectivity index (χ0) is 44.9. The second-order valence-electron chi connectivity index (χ2n) is 18.3. The van der Waals surface area contributed by atoms with Crippen molar-refractivity contribution in [3.05, 3.63) is 218 Å². The van der Waals surface area contributed by atoms with Crippen LogP contribution in [-0.4, -0.2) is 13.4 Å². The van der Waals surface area contributed by atoms with Crippen molar-refractivity contribution in [1.82, 2.24) is 0 Å². The van der Waals surface area contributed by atoms with E-state index in [0.29, 0.717) is 0 Å². The third-order valence-electron chi connectivity index (χ3n) is 14.8. The van der Waals surface area contributed by atoms with E-state index in [4.69, 9.17) is 0 Å². The molecule has 0 saturated carbocycles. The van der Waals surface area contributed by atoms with E-state index >= 15 is 0 Å². The van der Waals surface area contributed by atoms with Gasteiger partial charge in [0.05, 0.1) is 16.4 Å². The van der Waals surface area contributed by atoms with Gasteiger partial charge >= 0.3 is 0 Å². The quantitative estimate of drug-likeness (QED) is 0.163. The molecule has 12 aromatic rings. The molecule has 4 nitrogen and oxygen atoms in total. The van der Waals surface area contributed by atoms with E-state index in [1.165, 1.54) is 112 Å². The normalized spacial score (nSPS) is 13.9. The van der Waals surface area contributed by atoms with E-state index in [2.05, 4.69) is 238 Å². The molecule has 0 atom stereocenters. The Bertz CT molecular complexity index is 4080. The molecule has 69 heavy (non-hydrogen) atoms. The third kappa shape index (κ3) is 5.19. The Hall–Kier alpha value is -7.81. The van der Waals surface area contributed by atoms with Crippen molar-refractivity contribution in [1.29, 1.82) is 0 Å². The van der Waals surface area contributed by atoms with Crippen LogP contribution in [0.4, 0.5) is 67.6 Å². The van der Waals surface area contributed by atoms with Crippen LogP contribution in [0.25, 0.3) is 30.3 Å². The van der Waals surface area contributed by atoms with E-state index in [-0.39, 0.29) is 13.4 Å². The molecule has 0 radical (unpaired) electrons. The van der Waals surface area contributed by atoms with Gasteiger partial charge in [0.2, 0.25) is 0 Å². The lowest BCUT2D eigenvalue weighted by Gasteiger charge is -2.45. The van der Waals surface area contributed by atoms with Crippen LogP contribution < -0.4 is 51.0 Å². The number of anilines is 12. The molecule has 4 aliphatic rings. The summed E-state index contributed by atoms with van der Waals surface area (Å²) in [4.78, 5) is 10.3. The Morgan fingerprint density at radius 3 is 1.33 bits per heavy atom. The van der Waals surface area contributed by atoms with E-state index in [0.717, 1.165) is 17.1 Å². The fraction of sp³-hybridized carbons (Fsp3) is 0. The molecule has 9 aromatic carbocycles. The molecule has 0 bridgehead atoms. The minimum Gasteiger partial charge on any atom is -0.311 e. The predicted molar refractivity (Wildman–Crippen MR) is 301 cm³/mol. The van der Waals surface area contributed by atoms with Gasteiger partial charge in [-0.1, -0.05) is 121 Å². The van der Waals surface area contributed by atoms with E-state index in [1.54, 1.807) is 0 Å². The van der Waals surface area contributed by atoms with Crippen LogP contribution in [0.15, 0.2) is 218 Å². The first-order valence-corrected chi connectivity index (χ1v) is 26.0. The Balaban J connectivity index is 1.06. The minimum absolute atomic E-state index is 0.0120. The van der Waals surface area contributed by atoms with Gasteiger partial charge in [0.1, 0.15) is 0 Å². The summed E-state index contributed by atoms with van der Waals surface area (Å²) in [6, 6.07) is 81.4. The van der Waals surface area contributed by atoms with Crippen molar-refractivity contribution in [3.8, 4) is 0 Å². The number of rotatable bonds is 4. The first-order chi connectivity index (χ1) is 34.3. The topological polar surface area (TPSA) is 13.0 Å². The van der Waals surface area contributed by atoms with Crippen LogP contribution in [0.2, 0.25) is 0 Å². The molecule has 0 spiro atoms. The Labute approximate surface area is 412 Å². The second kappa shape index (κ2) is 14.4. The number of fused-ring (bicyclic) bond motifs is 14. The summed E-state index contributed by atoms with van der Waals surface area (Å²) in [5, 5.41) is 5.24. The lowest BCUT2D eigenvalue weighted by atomic mass is 9.35. The van der Waals surface area contributed by atoms with Gasteiger partial charge in [-0.25, -0.2) is 0 Å². The van der Waals surface area contributed by atoms with E-state index < -0.39 is 0 Å². The van der Waals surface area contributed by atoms with Crippen LogP contribution in [-0.2, 0) is 0 Å². The van der Waals surface area contributed by atoms with E-state index in [9.17, 15) is 0 Å². The summed E-state index contributed by atoms with van der Waals surface area (Å²) < 4.78 is 6.71. The molecule has 0 aliphatic carbocycles. The average molecular weight is 931 g/mol. The van der Waals surface area contributed by atoms with Crippen molar-refractivity contribution in [3.63, 3.8) is 0 Å². The molecule has 0 N–H and O–H groups in total. The lowest BCUT2D eigenvalue weighted by molar-refractivity contribution is 1.23. The highest BCUT2D eigenvalue weighted by atomic mass is 32.1. The van der Waals surface area contributed by atoms with Crippen molar-refractivity contribution in [2.45, 2.75) is 0 Å². The highest BCUT2D eigenvalue weighted by Gasteiger charge is 2.52. The summed E-state index contributed by atoms with van der Waals surface area (Å²) in [7, 11) is 0. The number of hydrogen-bond acceptors (Lipinski definition) is 7. The molecule has 0 fully saturated rings. The van der Waals surface area contributed by atoms with Crippen LogP contribution in [0.1, 0.15) is 0 Å². The van der Waals surface area contributed by atoms with Gasteiger partial charge in [0, 0.05) is 85.6 Å². The molecule has 0 amide bonds. The highest BCUT2D eigenvalue weighted by molar-refractivity contribution is 7.40. The first-order valence-electron chi connectivity index (χ1n) is 23.6. The second-order valence-corrected chi connectivity index (χ2v) is 21.5. The van der Waals surface area contributed by atoms with Crippen molar-refractivity contribution < 1.29 is 0 Å². The zero-order valence-electron chi connectivity index (χ0n) is 37.0. The molecule has 0 saturated heterocycles. The maximum Gasteiger partial charge on any atom is 0.266 e. The maximum absolute atomic E-state index is 2.61. The monoisotopic (exact) mass is 930 g/mol. The molecule has 3 aromatic heterocycles.